The van der Waals surface area contributed by atoms with E-state index in [4.69, 9.17) is 11.6 Å². The number of hydrogen-bond donors (Lipinski definition) is 0. The lowest BCUT2D eigenvalue weighted by molar-refractivity contribution is 0.630. The van der Waals surface area contributed by atoms with Gasteiger partial charge in [-0.05, 0) is 48.0 Å². The predicted octanol–water partition coefficient (Wildman–Crippen LogP) is 3.93. The lowest BCUT2D eigenvalue weighted by Gasteiger charge is -2.10. The fourth-order valence-electron chi connectivity index (χ4n) is 2.17. The van der Waals surface area contributed by atoms with Gasteiger partial charge < -0.3 is 0 Å². The average Bonchev–Trinajstić information content (AvgIpc) is 2.46. The van der Waals surface area contributed by atoms with Crippen LogP contribution in [-0.4, -0.2) is 14.4 Å². The molecule has 0 radical (unpaired) electrons. The molecule has 1 aromatic carbocycles. The Morgan fingerprint density at radius 3 is 2.68 bits per heavy atom. The molecule has 0 aliphatic rings. The summed E-state index contributed by atoms with van der Waals surface area (Å²) in [6, 6.07) is 4.29. The Morgan fingerprint density at radius 1 is 1.27 bits per heavy atom. The van der Waals surface area contributed by atoms with Crippen LogP contribution in [0.5, 0.6) is 0 Å². The van der Waals surface area contributed by atoms with Crippen LogP contribution in [0.3, 0.4) is 0 Å². The highest BCUT2D eigenvalue weighted by molar-refractivity contribution is 9.10. The van der Waals surface area contributed by atoms with Crippen LogP contribution in [0.25, 0.3) is 16.9 Å². The quantitative estimate of drug-likeness (QED) is 0.641. The molecule has 3 rings (SSSR count). The third-order valence-corrected chi connectivity index (χ3v) is 4.05. The largest absolute Gasteiger partial charge is 0.269 e. The zero-order valence-corrected chi connectivity index (χ0v) is 14.0. The smallest absolute Gasteiger partial charge is 0.261 e. The first kappa shape index (κ1) is 15.1. The van der Waals surface area contributed by atoms with E-state index in [0.717, 1.165) is 0 Å². The number of halogens is 3. The van der Waals surface area contributed by atoms with Crippen molar-refractivity contribution in [3.05, 3.63) is 61.5 Å². The third kappa shape index (κ3) is 2.42. The van der Waals surface area contributed by atoms with Gasteiger partial charge in [0.1, 0.15) is 16.1 Å². The van der Waals surface area contributed by atoms with E-state index in [0.29, 0.717) is 21.5 Å². The molecule has 112 valence electrons. The number of aromatic nitrogens is 3. The van der Waals surface area contributed by atoms with Crippen molar-refractivity contribution in [2.45, 2.75) is 13.8 Å². The predicted molar refractivity (Wildman–Crippen MR) is 86.8 cm³/mol. The second-order valence-electron chi connectivity index (χ2n) is 4.86. The van der Waals surface area contributed by atoms with Gasteiger partial charge in [-0.15, -0.1) is 0 Å². The highest BCUT2D eigenvalue weighted by atomic mass is 79.9. The van der Waals surface area contributed by atoms with E-state index in [1.54, 1.807) is 19.9 Å². The maximum Gasteiger partial charge on any atom is 0.261 e. The minimum Gasteiger partial charge on any atom is -0.269 e. The van der Waals surface area contributed by atoms with Gasteiger partial charge in [-0.1, -0.05) is 11.6 Å². The van der Waals surface area contributed by atoms with Crippen LogP contribution >= 0.6 is 27.5 Å². The van der Waals surface area contributed by atoms with Gasteiger partial charge in [0, 0.05) is 28.0 Å². The van der Waals surface area contributed by atoms with Crippen molar-refractivity contribution in [1.29, 1.82) is 0 Å². The third-order valence-electron chi connectivity index (χ3n) is 3.44. The van der Waals surface area contributed by atoms with E-state index in [1.165, 1.54) is 22.7 Å². The number of fused-ring (bicyclic) bond motifs is 1. The zero-order valence-electron chi connectivity index (χ0n) is 11.7. The summed E-state index contributed by atoms with van der Waals surface area (Å²) in [4.78, 5) is 21.1. The van der Waals surface area contributed by atoms with E-state index in [1.807, 2.05) is 0 Å². The van der Waals surface area contributed by atoms with Crippen molar-refractivity contribution in [2.24, 2.45) is 0 Å². The molecule has 0 fully saturated rings. The van der Waals surface area contributed by atoms with Crippen LogP contribution in [0, 0.1) is 19.7 Å². The lowest BCUT2D eigenvalue weighted by Crippen LogP contribution is -2.20. The molecule has 2 heterocycles. The molecule has 0 bridgehead atoms. The summed E-state index contributed by atoms with van der Waals surface area (Å²) < 4.78 is 16.0. The van der Waals surface area contributed by atoms with E-state index in [9.17, 15) is 9.18 Å². The summed E-state index contributed by atoms with van der Waals surface area (Å²) in [5, 5.41) is 0.290. The highest BCUT2D eigenvalue weighted by Gasteiger charge is 2.16. The van der Waals surface area contributed by atoms with Crippen molar-refractivity contribution < 1.29 is 4.39 Å². The number of hydrogen-bond acceptors (Lipinski definition) is 3. The van der Waals surface area contributed by atoms with Gasteiger partial charge in [0.2, 0.25) is 0 Å². The van der Waals surface area contributed by atoms with Crippen molar-refractivity contribution in [1.82, 2.24) is 14.4 Å². The van der Waals surface area contributed by atoms with Crippen LogP contribution < -0.4 is 5.56 Å². The van der Waals surface area contributed by atoms with Crippen molar-refractivity contribution in [2.75, 3.05) is 0 Å². The molecule has 2 aromatic heterocycles. The molecule has 0 unspecified atom stereocenters. The van der Waals surface area contributed by atoms with Crippen LogP contribution in [0.15, 0.2) is 33.8 Å². The van der Waals surface area contributed by atoms with Gasteiger partial charge in [0.15, 0.2) is 5.65 Å². The van der Waals surface area contributed by atoms with E-state index in [-0.39, 0.29) is 21.8 Å². The van der Waals surface area contributed by atoms with E-state index >= 15 is 0 Å². The van der Waals surface area contributed by atoms with Crippen LogP contribution in [0.2, 0.25) is 5.02 Å². The Kier molecular flexibility index (Phi) is 3.74. The standard InChI is InChI=1S/C15H10BrClFN3O/c1-7-8(2)19-14-13(10-4-3-9(17)5-11(10)18)20-12(16)6-21(14)15(7)22/h3-6H,1-2H3. The maximum atomic E-state index is 14.2. The topological polar surface area (TPSA) is 47.3 Å². The number of benzene rings is 1. The van der Waals surface area contributed by atoms with Gasteiger partial charge in [0.25, 0.3) is 5.56 Å². The molecule has 0 atom stereocenters. The Hall–Kier alpha value is -1.79. The molecule has 0 N–H and O–H groups in total. The fraction of sp³-hybridized carbons (Fsp3) is 0.133. The monoisotopic (exact) mass is 381 g/mol. The molecule has 4 nitrogen and oxygen atoms in total. The van der Waals surface area contributed by atoms with Gasteiger partial charge >= 0.3 is 0 Å². The molecular weight excluding hydrogens is 373 g/mol. The molecule has 22 heavy (non-hydrogen) atoms. The van der Waals surface area contributed by atoms with E-state index in [2.05, 4.69) is 25.9 Å². The molecule has 0 amide bonds. The Morgan fingerprint density at radius 2 is 2.00 bits per heavy atom. The second-order valence-corrected chi connectivity index (χ2v) is 6.11. The SMILES string of the molecule is Cc1nc2c(-c3ccc(Cl)cc3F)nc(Br)cn2c(=O)c1C. The van der Waals surface area contributed by atoms with Gasteiger partial charge in [-0.2, -0.15) is 0 Å². The summed E-state index contributed by atoms with van der Waals surface area (Å²) in [6.07, 6.45) is 1.52. The maximum absolute atomic E-state index is 14.2. The minimum absolute atomic E-state index is 0.207. The summed E-state index contributed by atoms with van der Waals surface area (Å²) in [7, 11) is 0. The first-order chi connectivity index (χ1) is 10.4. The summed E-state index contributed by atoms with van der Waals surface area (Å²) in [5.41, 5.74) is 1.74. The van der Waals surface area contributed by atoms with Crippen LogP contribution in [0.1, 0.15) is 11.3 Å². The summed E-state index contributed by atoms with van der Waals surface area (Å²) in [5.74, 6) is -0.521. The van der Waals surface area contributed by atoms with Crippen molar-refractivity contribution in [3.63, 3.8) is 0 Å². The molecule has 0 spiro atoms. The number of nitrogens with zero attached hydrogens (tertiary/aromatic N) is 3. The van der Waals surface area contributed by atoms with Crippen LogP contribution in [0.4, 0.5) is 4.39 Å². The van der Waals surface area contributed by atoms with Gasteiger partial charge in [-0.25, -0.2) is 14.4 Å². The lowest BCUT2D eigenvalue weighted by atomic mass is 10.1. The fourth-order valence-corrected chi connectivity index (χ4v) is 2.71. The average molecular weight is 383 g/mol. The molecule has 7 heteroatoms. The van der Waals surface area contributed by atoms with Crippen molar-refractivity contribution >= 4 is 33.2 Å². The first-order valence-corrected chi connectivity index (χ1v) is 7.57. The minimum atomic E-state index is -0.521. The zero-order chi connectivity index (χ0) is 16.0. The van der Waals surface area contributed by atoms with Crippen molar-refractivity contribution in [3.8, 4) is 11.3 Å². The van der Waals surface area contributed by atoms with E-state index < -0.39 is 5.82 Å². The molecule has 0 saturated heterocycles. The summed E-state index contributed by atoms with van der Waals surface area (Å²) >= 11 is 9.03. The van der Waals surface area contributed by atoms with Gasteiger partial charge in [-0.3, -0.25) is 9.20 Å². The Balaban J connectivity index is 2.46. The van der Waals surface area contributed by atoms with Gasteiger partial charge in [0.05, 0.1) is 0 Å². The highest BCUT2D eigenvalue weighted by Crippen LogP contribution is 2.27. The second kappa shape index (κ2) is 5.44. The number of rotatable bonds is 1. The summed E-state index contributed by atoms with van der Waals surface area (Å²) in [6.45, 7) is 3.44. The Bertz CT molecular complexity index is 971. The molecule has 0 saturated carbocycles. The Labute approximate surface area is 138 Å². The normalized spacial score (nSPS) is 11.1. The first-order valence-electron chi connectivity index (χ1n) is 6.40. The molecule has 0 aliphatic heterocycles. The van der Waals surface area contributed by atoms with Crippen LogP contribution in [-0.2, 0) is 0 Å². The molecular formula is C15H10BrClFN3O. The molecule has 3 aromatic rings. The molecule has 0 aliphatic carbocycles. The number of aryl methyl sites for hydroxylation is 1.